The Balaban J connectivity index is 1.91. The van der Waals surface area contributed by atoms with E-state index >= 15 is 0 Å². The number of carbonyl (C=O) groups is 1. The molecular weight excluding hydrogens is 348 g/mol. The molecule has 0 radical (unpaired) electrons. The Morgan fingerprint density at radius 2 is 1.27 bits per heavy atom. The van der Waals surface area contributed by atoms with Crippen LogP contribution < -0.4 is 4.74 Å². The van der Waals surface area contributed by atoms with Gasteiger partial charge in [-0.15, -0.1) is 0 Å². The summed E-state index contributed by atoms with van der Waals surface area (Å²) in [6.07, 6.45) is -0.268. The largest absolute Gasteiger partial charge is 0.426 e. The molecule has 0 saturated carbocycles. The molecule has 26 heavy (non-hydrogen) atoms. The quantitative estimate of drug-likeness (QED) is 0.485. The van der Waals surface area contributed by atoms with Gasteiger partial charge < -0.3 is 4.74 Å². The molecule has 0 saturated heterocycles. The zero-order valence-electron chi connectivity index (χ0n) is 14.0. The number of ether oxygens (including phenoxy) is 1. The van der Waals surface area contributed by atoms with E-state index in [4.69, 9.17) is 4.74 Å². The van der Waals surface area contributed by atoms with Crippen molar-refractivity contribution in [3.8, 4) is 5.75 Å². The Morgan fingerprint density at radius 1 is 0.769 bits per heavy atom. The van der Waals surface area contributed by atoms with E-state index in [0.29, 0.717) is 11.3 Å². The van der Waals surface area contributed by atoms with Crippen LogP contribution in [0, 0.1) is 0 Å². The van der Waals surface area contributed by atoms with Gasteiger partial charge in [-0.1, -0.05) is 66.7 Å². The molecule has 0 aliphatic heterocycles. The molecule has 0 bridgehead atoms. The number of hydrogen-bond donors (Lipinski definition) is 0. The van der Waals surface area contributed by atoms with E-state index in [1.807, 2.05) is 6.07 Å². The lowest BCUT2D eigenvalue weighted by Crippen LogP contribution is -2.20. The molecule has 1 unspecified atom stereocenters. The third kappa shape index (κ3) is 4.18. The summed E-state index contributed by atoms with van der Waals surface area (Å²) in [7, 11) is -3.74. The highest BCUT2D eigenvalue weighted by Crippen LogP contribution is 2.32. The minimum absolute atomic E-state index is 0.182. The van der Waals surface area contributed by atoms with Crippen molar-refractivity contribution >= 4 is 15.8 Å². The molecule has 4 nitrogen and oxygen atoms in total. The molecule has 0 aliphatic rings. The molecule has 0 heterocycles. The summed E-state index contributed by atoms with van der Waals surface area (Å²) in [5.41, 5.74) is 0.557. The molecule has 3 aromatic carbocycles. The standard InChI is InChI=1S/C21H18O4S/c22-21(25-18-12-6-2-7-13-18)16-20(17-10-4-1-5-11-17)26(23,24)19-14-8-3-9-15-19/h1-15,20H,16H2. The Morgan fingerprint density at radius 3 is 1.85 bits per heavy atom. The first-order valence-corrected chi connectivity index (χ1v) is 9.71. The van der Waals surface area contributed by atoms with Crippen molar-refractivity contribution in [2.45, 2.75) is 16.6 Å². The molecule has 0 fully saturated rings. The Kier molecular flexibility index (Phi) is 5.49. The fraction of sp³-hybridized carbons (Fsp3) is 0.0952. The summed E-state index contributed by atoms with van der Waals surface area (Å²) < 4.78 is 31.5. The second-order valence-electron chi connectivity index (χ2n) is 5.75. The molecule has 0 amide bonds. The highest BCUT2D eigenvalue weighted by Gasteiger charge is 2.31. The number of esters is 1. The number of carbonyl (C=O) groups excluding carboxylic acids is 1. The molecule has 0 spiro atoms. The van der Waals surface area contributed by atoms with Crippen LogP contribution in [0.5, 0.6) is 5.75 Å². The highest BCUT2D eigenvalue weighted by atomic mass is 32.2. The zero-order chi connectivity index (χ0) is 18.4. The van der Waals surface area contributed by atoms with Crippen molar-refractivity contribution in [2.75, 3.05) is 0 Å². The van der Waals surface area contributed by atoms with Crippen LogP contribution >= 0.6 is 0 Å². The second kappa shape index (κ2) is 7.97. The maximum Gasteiger partial charge on any atom is 0.312 e. The van der Waals surface area contributed by atoms with Crippen molar-refractivity contribution in [2.24, 2.45) is 0 Å². The predicted molar refractivity (Wildman–Crippen MR) is 99.5 cm³/mol. The van der Waals surface area contributed by atoms with Crippen LogP contribution in [-0.4, -0.2) is 14.4 Å². The van der Waals surface area contributed by atoms with E-state index in [1.54, 1.807) is 72.8 Å². The topological polar surface area (TPSA) is 60.4 Å². The average Bonchev–Trinajstić information content (AvgIpc) is 2.68. The van der Waals surface area contributed by atoms with Gasteiger partial charge in [0.15, 0.2) is 9.84 Å². The Hall–Kier alpha value is -2.92. The zero-order valence-corrected chi connectivity index (χ0v) is 14.8. The van der Waals surface area contributed by atoms with Gasteiger partial charge in [0, 0.05) is 0 Å². The second-order valence-corrected chi connectivity index (χ2v) is 7.88. The lowest BCUT2D eigenvalue weighted by molar-refractivity contribution is -0.134. The summed E-state index contributed by atoms with van der Waals surface area (Å²) >= 11 is 0. The highest BCUT2D eigenvalue weighted by molar-refractivity contribution is 7.91. The summed E-state index contributed by atoms with van der Waals surface area (Å²) in [4.78, 5) is 12.6. The van der Waals surface area contributed by atoms with Gasteiger partial charge in [-0.3, -0.25) is 4.79 Å². The fourth-order valence-corrected chi connectivity index (χ4v) is 4.40. The fourth-order valence-electron chi connectivity index (χ4n) is 2.66. The average molecular weight is 366 g/mol. The maximum absolute atomic E-state index is 13.1. The third-order valence-electron chi connectivity index (χ3n) is 3.94. The number of rotatable bonds is 6. The predicted octanol–water partition coefficient (Wildman–Crippen LogP) is 4.20. The van der Waals surface area contributed by atoms with Crippen LogP contribution in [0.2, 0.25) is 0 Å². The van der Waals surface area contributed by atoms with Gasteiger partial charge in [-0.05, 0) is 29.8 Å². The Labute approximate surface area is 153 Å². The van der Waals surface area contributed by atoms with Gasteiger partial charge >= 0.3 is 5.97 Å². The van der Waals surface area contributed by atoms with Crippen molar-refractivity contribution in [3.05, 3.63) is 96.6 Å². The minimum Gasteiger partial charge on any atom is -0.426 e. The summed E-state index contributed by atoms with van der Waals surface area (Å²) in [6, 6.07) is 25.5. The van der Waals surface area contributed by atoms with E-state index in [0.717, 1.165) is 0 Å². The van der Waals surface area contributed by atoms with Crippen LogP contribution in [-0.2, 0) is 14.6 Å². The van der Waals surface area contributed by atoms with Crippen molar-refractivity contribution in [3.63, 3.8) is 0 Å². The molecule has 0 aliphatic carbocycles. The first-order valence-electron chi connectivity index (χ1n) is 8.17. The van der Waals surface area contributed by atoms with Gasteiger partial charge in [-0.2, -0.15) is 0 Å². The van der Waals surface area contributed by atoms with Gasteiger partial charge in [0.05, 0.1) is 11.3 Å². The third-order valence-corrected chi connectivity index (χ3v) is 6.06. The number of hydrogen-bond acceptors (Lipinski definition) is 4. The van der Waals surface area contributed by atoms with Crippen LogP contribution in [0.1, 0.15) is 17.2 Å². The van der Waals surface area contributed by atoms with Crippen LogP contribution in [0.4, 0.5) is 0 Å². The molecule has 5 heteroatoms. The molecule has 3 aromatic rings. The summed E-state index contributed by atoms with van der Waals surface area (Å²) in [5, 5.41) is -1.01. The molecule has 3 rings (SSSR count). The number of para-hydroxylation sites is 1. The van der Waals surface area contributed by atoms with Crippen LogP contribution in [0.15, 0.2) is 95.9 Å². The molecular formula is C21H18O4S. The smallest absolute Gasteiger partial charge is 0.312 e. The summed E-state index contributed by atoms with van der Waals surface area (Å²) in [6.45, 7) is 0. The Bertz CT molecular complexity index is 953. The van der Waals surface area contributed by atoms with E-state index < -0.39 is 21.1 Å². The van der Waals surface area contributed by atoms with Crippen molar-refractivity contribution in [1.82, 2.24) is 0 Å². The SMILES string of the molecule is O=C(CC(c1ccccc1)S(=O)(=O)c1ccccc1)Oc1ccccc1. The number of benzene rings is 3. The maximum atomic E-state index is 13.1. The summed E-state index contributed by atoms with van der Waals surface area (Å²) in [5.74, 6) is -0.203. The lowest BCUT2D eigenvalue weighted by Gasteiger charge is -2.17. The first-order chi connectivity index (χ1) is 12.6. The molecule has 0 aromatic heterocycles. The van der Waals surface area contributed by atoms with E-state index in [1.165, 1.54) is 12.1 Å². The molecule has 1 atom stereocenters. The van der Waals surface area contributed by atoms with E-state index in [9.17, 15) is 13.2 Å². The van der Waals surface area contributed by atoms with Gasteiger partial charge in [0.2, 0.25) is 0 Å². The van der Waals surface area contributed by atoms with Crippen molar-refractivity contribution < 1.29 is 17.9 Å². The monoisotopic (exact) mass is 366 g/mol. The van der Waals surface area contributed by atoms with Gasteiger partial charge in [0.1, 0.15) is 11.0 Å². The normalized spacial score (nSPS) is 12.3. The van der Waals surface area contributed by atoms with E-state index in [2.05, 4.69) is 0 Å². The van der Waals surface area contributed by atoms with E-state index in [-0.39, 0.29) is 11.3 Å². The van der Waals surface area contributed by atoms with Gasteiger partial charge in [-0.25, -0.2) is 8.42 Å². The minimum atomic E-state index is -3.74. The molecule has 0 N–H and O–H groups in total. The lowest BCUT2D eigenvalue weighted by atomic mass is 10.1. The first kappa shape index (κ1) is 17.9. The number of sulfone groups is 1. The van der Waals surface area contributed by atoms with Gasteiger partial charge in [0.25, 0.3) is 0 Å². The van der Waals surface area contributed by atoms with Crippen LogP contribution in [0.25, 0.3) is 0 Å². The van der Waals surface area contributed by atoms with Crippen LogP contribution in [0.3, 0.4) is 0 Å². The molecule has 132 valence electrons. The van der Waals surface area contributed by atoms with Crippen molar-refractivity contribution in [1.29, 1.82) is 0 Å².